The van der Waals surface area contributed by atoms with Crippen molar-refractivity contribution >= 4 is 19.4 Å². The van der Waals surface area contributed by atoms with E-state index in [0.29, 0.717) is 0 Å². The molecule has 0 aliphatic carbocycles. The lowest BCUT2D eigenvalue weighted by atomic mass is 10.4. The number of hydrogen-bond acceptors (Lipinski definition) is 2. The SMILES string of the molecule is CCN(CC)O[SiH](c1ccccc1)c1ccccc1. The lowest BCUT2D eigenvalue weighted by molar-refractivity contribution is -0.0487. The number of hydroxylamine groups is 2. The van der Waals surface area contributed by atoms with E-state index in [0.717, 1.165) is 13.1 Å². The lowest BCUT2D eigenvalue weighted by Crippen LogP contribution is -2.49. The van der Waals surface area contributed by atoms with Gasteiger partial charge in [-0.25, -0.2) is 5.06 Å². The Morgan fingerprint density at radius 3 is 1.58 bits per heavy atom. The van der Waals surface area contributed by atoms with Gasteiger partial charge < -0.3 is 4.53 Å². The molecule has 19 heavy (non-hydrogen) atoms. The minimum atomic E-state index is -1.62. The Bertz CT molecular complexity index is 431. The Kier molecular flexibility index (Phi) is 5.33. The van der Waals surface area contributed by atoms with Crippen LogP contribution in [0.25, 0.3) is 0 Å². The Hall–Kier alpha value is -1.42. The van der Waals surface area contributed by atoms with Crippen LogP contribution >= 0.6 is 0 Å². The fourth-order valence-corrected chi connectivity index (χ4v) is 4.46. The molecule has 0 saturated carbocycles. The normalized spacial score (nSPS) is 11.2. The van der Waals surface area contributed by atoms with Crippen LogP contribution in [0.3, 0.4) is 0 Å². The highest BCUT2D eigenvalue weighted by molar-refractivity contribution is 6.79. The maximum absolute atomic E-state index is 6.29. The van der Waals surface area contributed by atoms with Crippen molar-refractivity contribution in [1.29, 1.82) is 0 Å². The van der Waals surface area contributed by atoms with Crippen LogP contribution in [0.5, 0.6) is 0 Å². The van der Waals surface area contributed by atoms with Gasteiger partial charge in [0.2, 0.25) is 0 Å². The minimum Gasteiger partial charge on any atom is -0.335 e. The van der Waals surface area contributed by atoms with Crippen molar-refractivity contribution in [3.8, 4) is 0 Å². The Morgan fingerprint density at radius 1 is 0.789 bits per heavy atom. The molecule has 0 bridgehead atoms. The van der Waals surface area contributed by atoms with Crippen LogP contribution in [0.1, 0.15) is 13.8 Å². The van der Waals surface area contributed by atoms with E-state index in [-0.39, 0.29) is 0 Å². The average Bonchev–Trinajstić information content (AvgIpc) is 2.50. The summed E-state index contributed by atoms with van der Waals surface area (Å²) in [5.41, 5.74) is 0. The van der Waals surface area contributed by atoms with E-state index in [4.69, 9.17) is 4.53 Å². The highest BCUT2D eigenvalue weighted by Crippen LogP contribution is 1.98. The molecule has 0 atom stereocenters. The molecule has 2 aromatic rings. The minimum absolute atomic E-state index is 0.916. The molecule has 0 heterocycles. The van der Waals surface area contributed by atoms with Gasteiger partial charge in [-0.2, -0.15) is 0 Å². The molecule has 0 spiro atoms. The summed E-state index contributed by atoms with van der Waals surface area (Å²) < 4.78 is 6.29. The third-order valence-electron chi connectivity index (χ3n) is 3.16. The van der Waals surface area contributed by atoms with E-state index in [1.807, 2.05) is 0 Å². The standard InChI is InChI=1S/C16H21NOSi/c1-3-17(4-2)18-19(15-11-7-5-8-12-15)16-13-9-6-10-14-16/h5-14,19H,3-4H2,1-2H3. The van der Waals surface area contributed by atoms with Crippen molar-refractivity contribution in [2.24, 2.45) is 0 Å². The predicted molar refractivity (Wildman–Crippen MR) is 83.3 cm³/mol. The van der Waals surface area contributed by atoms with Gasteiger partial charge in [0.15, 0.2) is 0 Å². The molecule has 2 nitrogen and oxygen atoms in total. The molecule has 0 amide bonds. The summed E-state index contributed by atoms with van der Waals surface area (Å²) in [5.74, 6) is 0. The third kappa shape index (κ3) is 3.77. The summed E-state index contributed by atoms with van der Waals surface area (Å²) in [5, 5.41) is 4.69. The second-order valence-corrected chi connectivity index (χ2v) is 6.73. The number of nitrogens with zero attached hydrogens (tertiary/aromatic N) is 1. The van der Waals surface area contributed by atoms with E-state index in [1.54, 1.807) is 0 Å². The molecule has 0 aliphatic heterocycles. The van der Waals surface area contributed by atoms with E-state index < -0.39 is 9.04 Å². The van der Waals surface area contributed by atoms with Crippen LogP contribution in [0.2, 0.25) is 0 Å². The molecular weight excluding hydrogens is 250 g/mol. The topological polar surface area (TPSA) is 12.5 Å². The zero-order valence-corrected chi connectivity index (χ0v) is 12.8. The molecule has 0 aliphatic rings. The van der Waals surface area contributed by atoms with E-state index in [2.05, 4.69) is 79.6 Å². The van der Waals surface area contributed by atoms with Crippen LogP contribution in [0.4, 0.5) is 0 Å². The van der Waals surface area contributed by atoms with Gasteiger partial charge >= 0.3 is 0 Å². The number of hydrogen-bond donors (Lipinski definition) is 0. The van der Waals surface area contributed by atoms with Gasteiger partial charge in [0.25, 0.3) is 9.04 Å². The van der Waals surface area contributed by atoms with Gasteiger partial charge in [0, 0.05) is 13.1 Å². The van der Waals surface area contributed by atoms with Crippen molar-refractivity contribution in [1.82, 2.24) is 5.06 Å². The van der Waals surface area contributed by atoms with Crippen molar-refractivity contribution in [3.63, 3.8) is 0 Å². The maximum Gasteiger partial charge on any atom is 0.267 e. The zero-order valence-electron chi connectivity index (χ0n) is 11.6. The molecule has 0 N–H and O–H groups in total. The summed E-state index contributed by atoms with van der Waals surface area (Å²) in [6.45, 7) is 6.09. The summed E-state index contributed by atoms with van der Waals surface area (Å²) in [6, 6.07) is 21.2. The van der Waals surface area contributed by atoms with Gasteiger partial charge in [0.05, 0.1) is 0 Å². The molecule has 0 aromatic heterocycles. The van der Waals surface area contributed by atoms with Crippen LogP contribution in [-0.2, 0) is 4.53 Å². The largest absolute Gasteiger partial charge is 0.335 e. The van der Waals surface area contributed by atoms with Crippen LogP contribution in [0.15, 0.2) is 60.7 Å². The number of rotatable bonds is 6. The molecule has 2 rings (SSSR count). The van der Waals surface area contributed by atoms with Gasteiger partial charge in [-0.05, 0) is 10.4 Å². The van der Waals surface area contributed by atoms with Gasteiger partial charge in [-0.15, -0.1) is 0 Å². The quantitative estimate of drug-likeness (QED) is 0.587. The molecule has 0 unspecified atom stereocenters. The Labute approximate surface area is 117 Å². The summed E-state index contributed by atoms with van der Waals surface area (Å²) in [6.07, 6.45) is 0. The molecule has 3 heteroatoms. The molecule has 100 valence electrons. The summed E-state index contributed by atoms with van der Waals surface area (Å²) >= 11 is 0. The Balaban J connectivity index is 2.29. The summed E-state index contributed by atoms with van der Waals surface area (Å²) in [4.78, 5) is 0. The third-order valence-corrected chi connectivity index (χ3v) is 5.65. The monoisotopic (exact) mass is 271 g/mol. The van der Waals surface area contributed by atoms with Crippen molar-refractivity contribution < 1.29 is 4.53 Å². The first-order valence-corrected chi connectivity index (χ1v) is 8.49. The highest BCUT2D eigenvalue weighted by atomic mass is 28.3. The fourth-order valence-electron chi connectivity index (χ4n) is 2.09. The van der Waals surface area contributed by atoms with Gasteiger partial charge in [0.1, 0.15) is 0 Å². The number of benzene rings is 2. The van der Waals surface area contributed by atoms with Crippen LogP contribution in [-0.4, -0.2) is 27.2 Å². The molecule has 0 fully saturated rings. The molecule has 2 aromatic carbocycles. The maximum atomic E-state index is 6.29. The van der Waals surface area contributed by atoms with Gasteiger partial charge in [-0.1, -0.05) is 74.5 Å². The van der Waals surface area contributed by atoms with E-state index in [1.165, 1.54) is 10.4 Å². The fraction of sp³-hybridized carbons (Fsp3) is 0.250. The predicted octanol–water partition coefficient (Wildman–Crippen LogP) is 1.80. The smallest absolute Gasteiger partial charge is 0.267 e. The zero-order chi connectivity index (χ0) is 13.5. The van der Waals surface area contributed by atoms with Crippen LogP contribution in [0, 0.1) is 0 Å². The molecule has 0 radical (unpaired) electrons. The lowest BCUT2D eigenvalue weighted by Gasteiger charge is -2.25. The first kappa shape index (κ1) is 14.0. The van der Waals surface area contributed by atoms with Crippen molar-refractivity contribution in [2.45, 2.75) is 13.8 Å². The molecule has 0 saturated heterocycles. The van der Waals surface area contributed by atoms with Crippen molar-refractivity contribution in [2.75, 3.05) is 13.1 Å². The first-order valence-electron chi connectivity index (χ1n) is 6.86. The second kappa shape index (κ2) is 7.24. The van der Waals surface area contributed by atoms with Gasteiger partial charge in [-0.3, -0.25) is 0 Å². The second-order valence-electron chi connectivity index (χ2n) is 4.42. The van der Waals surface area contributed by atoms with E-state index >= 15 is 0 Å². The average molecular weight is 271 g/mol. The highest BCUT2D eigenvalue weighted by Gasteiger charge is 2.20. The van der Waals surface area contributed by atoms with Crippen molar-refractivity contribution in [3.05, 3.63) is 60.7 Å². The summed E-state index contributed by atoms with van der Waals surface area (Å²) in [7, 11) is -1.62. The molecular formula is C16H21NOSi. The Morgan fingerprint density at radius 2 is 1.21 bits per heavy atom. The van der Waals surface area contributed by atoms with E-state index in [9.17, 15) is 0 Å². The first-order chi connectivity index (χ1) is 9.35. The van der Waals surface area contributed by atoms with Crippen LogP contribution < -0.4 is 10.4 Å².